The van der Waals surface area contributed by atoms with E-state index in [0.717, 1.165) is 0 Å². The SMILES string of the molecule is O=C(c1c[nH]c(C(=O)C(Cl)(Cl)Cl)c1)c1cccc(Cl)c1Cl. The number of nitrogens with one attached hydrogen (secondary N) is 1. The van der Waals surface area contributed by atoms with Crippen LogP contribution in [-0.2, 0) is 0 Å². The summed E-state index contributed by atoms with van der Waals surface area (Å²) in [4.78, 5) is 26.7. The largest absolute Gasteiger partial charge is 0.358 e. The van der Waals surface area contributed by atoms with Gasteiger partial charge < -0.3 is 4.98 Å². The van der Waals surface area contributed by atoms with Crippen LogP contribution in [0, 0.1) is 0 Å². The summed E-state index contributed by atoms with van der Waals surface area (Å²) in [6, 6.07) is 5.99. The van der Waals surface area contributed by atoms with Gasteiger partial charge in [-0.3, -0.25) is 9.59 Å². The van der Waals surface area contributed by atoms with Gasteiger partial charge in [-0.05, 0) is 18.2 Å². The van der Waals surface area contributed by atoms with Gasteiger partial charge in [-0.2, -0.15) is 0 Å². The van der Waals surface area contributed by atoms with Gasteiger partial charge in [-0.15, -0.1) is 0 Å². The molecule has 0 aliphatic rings. The highest BCUT2D eigenvalue weighted by Gasteiger charge is 2.33. The van der Waals surface area contributed by atoms with Crippen molar-refractivity contribution in [2.24, 2.45) is 0 Å². The summed E-state index contributed by atoms with van der Waals surface area (Å²) >= 11 is 28.4. The molecule has 0 radical (unpaired) electrons. The maximum atomic E-state index is 12.3. The molecule has 21 heavy (non-hydrogen) atoms. The number of hydrogen-bond donors (Lipinski definition) is 1. The predicted octanol–water partition coefficient (Wildman–Crippen LogP) is 5.11. The van der Waals surface area contributed by atoms with Gasteiger partial charge >= 0.3 is 0 Å². The van der Waals surface area contributed by atoms with Crippen LogP contribution in [0.1, 0.15) is 26.4 Å². The average Bonchev–Trinajstić information content (AvgIpc) is 2.88. The molecule has 2 aromatic rings. The van der Waals surface area contributed by atoms with Crippen LogP contribution in [0.5, 0.6) is 0 Å². The maximum absolute atomic E-state index is 12.3. The fourth-order valence-electron chi connectivity index (χ4n) is 1.64. The van der Waals surface area contributed by atoms with Crippen LogP contribution in [0.15, 0.2) is 30.5 Å². The van der Waals surface area contributed by atoms with Gasteiger partial charge in [0.05, 0.1) is 15.7 Å². The zero-order chi connectivity index (χ0) is 15.8. The molecule has 2 rings (SSSR count). The van der Waals surface area contributed by atoms with E-state index in [4.69, 9.17) is 58.0 Å². The van der Waals surface area contributed by atoms with Crippen molar-refractivity contribution in [1.82, 2.24) is 4.98 Å². The molecule has 8 heteroatoms. The molecule has 0 fully saturated rings. The summed E-state index contributed by atoms with van der Waals surface area (Å²) in [5, 5.41) is 0.398. The number of H-pyrrole nitrogens is 1. The lowest BCUT2D eigenvalue weighted by Crippen LogP contribution is -2.19. The zero-order valence-corrected chi connectivity index (χ0v) is 13.9. The van der Waals surface area contributed by atoms with Crippen molar-refractivity contribution in [3.8, 4) is 0 Å². The first-order chi connectivity index (χ1) is 9.71. The van der Waals surface area contributed by atoms with Gasteiger partial charge in [-0.25, -0.2) is 0 Å². The molecule has 3 nitrogen and oxygen atoms in total. The van der Waals surface area contributed by atoms with E-state index in [1.165, 1.54) is 18.3 Å². The van der Waals surface area contributed by atoms with Crippen LogP contribution >= 0.6 is 58.0 Å². The molecule has 0 saturated carbocycles. The summed E-state index contributed by atoms with van der Waals surface area (Å²) < 4.78 is -2.10. The molecule has 0 aliphatic carbocycles. The van der Waals surface area contributed by atoms with Crippen molar-refractivity contribution in [3.63, 3.8) is 0 Å². The molecule has 0 bridgehead atoms. The predicted molar refractivity (Wildman–Crippen MR) is 85.3 cm³/mol. The highest BCUT2D eigenvalue weighted by molar-refractivity contribution is 6.77. The normalized spacial score (nSPS) is 11.5. The van der Waals surface area contributed by atoms with Crippen LogP contribution in [0.3, 0.4) is 0 Å². The van der Waals surface area contributed by atoms with Gasteiger partial charge in [0.15, 0.2) is 5.78 Å². The summed E-state index contributed by atoms with van der Waals surface area (Å²) in [7, 11) is 0. The molecule has 0 amide bonds. The molecule has 0 aliphatic heterocycles. The second-order valence-corrected chi connectivity index (χ2v) is 7.13. The number of ketones is 2. The number of rotatable bonds is 3. The molecule has 1 aromatic carbocycles. The first-order valence-electron chi connectivity index (χ1n) is 5.50. The standard InChI is InChI=1S/C13H6Cl5NO2/c14-8-3-1-2-7(10(8)15)11(20)6-4-9(19-5-6)12(21)13(16,17)18/h1-5,19H. The molecule has 0 spiro atoms. The molecule has 1 aromatic heterocycles. The molecule has 0 atom stereocenters. The molecule has 1 heterocycles. The van der Waals surface area contributed by atoms with E-state index in [-0.39, 0.29) is 26.9 Å². The zero-order valence-electron chi connectivity index (χ0n) is 10.1. The van der Waals surface area contributed by atoms with E-state index in [2.05, 4.69) is 4.98 Å². The van der Waals surface area contributed by atoms with Crippen LogP contribution in [0.2, 0.25) is 10.0 Å². The van der Waals surface area contributed by atoms with E-state index in [1.54, 1.807) is 12.1 Å². The van der Waals surface area contributed by atoms with Crippen molar-refractivity contribution < 1.29 is 9.59 Å². The number of alkyl halides is 3. The quantitative estimate of drug-likeness (QED) is 0.590. The molecular weight excluding hydrogens is 379 g/mol. The Hall–Kier alpha value is -0.710. The second-order valence-electron chi connectivity index (χ2n) is 4.06. The van der Waals surface area contributed by atoms with Crippen LogP contribution in [-0.4, -0.2) is 20.3 Å². The molecule has 1 N–H and O–H groups in total. The first-order valence-corrected chi connectivity index (χ1v) is 7.39. The third-order valence-electron chi connectivity index (χ3n) is 2.64. The highest BCUT2D eigenvalue weighted by Crippen LogP contribution is 2.31. The fourth-order valence-corrected chi connectivity index (χ4v) is 2.34. The maximum Gasteiger partial charge on any atom is 0.254 e. The number of carbonyl (C=O) groups excluding carboxylic acids is 2. The van der Waals surface area contributed by atoms with Crippen molar-refractivity contribution in [1.29, 1.82) is 0 Å². The Morgan fingerprint density at radius 2 is 1.76 bits per heavy atom. The van der Waals surface area contributed by atoms with Gasteiger partial charge in [0, 0.05) is 17.3 Å². The number of Topliss-reactive ketones (excluding diaryl/α,β-unsaturated/α-hetero) is 1. The minimum Gasteiger partial charge on any atom is -0.358 e. The Morgan fingerprint density at radius 3 is 2.38 bits per heavy atom. The molecule has 0 saturated heterocycles. The van der Waals surface area contributed by atoms with Gasteiger partial charge in [-0.1, -0.05) is 64.1 Å². The number of aromatic amines is 1. The van der Waals surface area contributed by atoms with Gasteiger partial charge in [0.2, 0.25) is 5.78 Å². The number of carbonyl (C=O) groups is 2. The summed E-state index contributed by atoms with van der Waals surface area (Å²) in [6.07, 6.45) is 1.34. The molecular formula is C13H6Cl5NO2. The summed E-state index contributed by atoms with van der Waals surface area (Å²) in [6.45, 7) is 0. The van der Waals surface area contributed by atoms with E-state index >= 15 is 0 Å². The van der Waals surface area contributed by atoms with Crippen molar-refractivity contribution in [2.75, 3.05) is 0 Å². The topological polar surface area (TPSA) is 49.9 Å². The summed E-state index contributed by atoms with van der Waals surface area (Å²) in [5.74, 6) is -1.16. The Morgan fingerprint density at radius 1 is 1.10 bits per heavy atom. The Kier molecular flexibility index (Phi) is 4.91. The van der Waals surface area contributed by atoms with Crippen molar-refractivity contribution in [3.05, 3.63) is 57.3 Å². The minimum absolute atomic E-state index is 0.0106. The van der Waals surface area contributed by atoms with Crippen molar-refractivity contribution >= 4 is 69.6 Å². The van der Waals surface area contributed by atoms with Crippen LogP contribution in [0.4, 0.5) is 0 Å². The smallest absolute Gasteiger partial charge is 0.254 e. The Balaban J connectivity index is 2.36. The summed E-state index contributed by atoms with van der Waals surface area (Å²) in [5.41, 5.74) is 0.435. The van der Waals surface area contributed by atoms with Crippen LogP contribution < -0.4 is 0 Å². The Labute approximate surface area is 145 Å². The number of aromatic nitrogens is 1. The monoisotopic (exact) mass is 383 g/mol. The van der Waals surface area contributed by atoms with Gasteiger partial charge in [0.25, 0.3) is 3.79 Å². The third kappa shape index (κ3) is 3.55. The number of benzene rings is 1. The molecule has 110 valence electrons. The van der Waals surface area contributed by atoms with E-state index in [0.29, 0.717) is 0 Å². The third-order valence-corrected chi connectivity index (χ3v) is 3.98. The highest BCUT2D eigenvalue weighted by atomic mass is 35.6. The van der Waals surface area contributed by atoms with Crippen LogP contribution in [0.25, 0.3) is 0 Å². The van der Waals surface area contributed by atoms with Crippen molar-refractivity contribution in [2.45, 2.75) is 3.79 Å². The second kappa shape index (κ2) is 6.19. The van der Waals surface area contributed by atoms with Gasteiger partial charge in [0.1, 0.15) is 0 Å². The Bertz CT molecular complexity index is 718. The average molecular weight is 385 g/mol. The molecule has 0 unspecified atom stereocenters. The lowest BCUT2D eigenvalue weighted by atomic mass is 10.1. The van der Waals surface area contributed by atoms with E-state index in [9.17, 15) is 9.59 Å². The fraction of sp³-hybridized carbons (Fsp3) is 0.0769. The lowest BCUT2D eigenvalue weighted by Gasteiger charge is -2.06. The number of hydrogen-bond acceptors (Lipinski definition) is 2. The van der Waals surface area contributed by atoms with E-state index < -0.39 is 15.4 Å². The number of halogens is 5. The van der Waals surface area contributed by atoms with E-state index in [1.807, 2.05) is 0 Å². The first kappa shape index (κ1) is 16.7. The minimum atomic E-state index is -2.10. The lowest BCUT2D eigenvalue weighted by molar-refractivity contribution is 0.0992.